The van der Waals surface area contributed by atoms with Crippen LogP contribution in [0.1, 0.15) is 46.8 Å². The molecule has 4 aromatic rings. The Balaban J connectivity index is 1.53. The fraction of sp³-hybridized carbons (Fsp3) is 0.241. The Labute approximate surface area is 232 Å². The van der Waals surface area contributed by atoms with Crippen molar-refractivity contribution in [3.8, 4) is 11.4 Å². The van der Waals surface area contributed by atoms with Crippen LogP contribution < -0.4 is 4.74 Å². The summed E-state index contributed by atoms with van der Waals surface area (Å²) < 4.78 is 50.3. The maximum absolute atomic E-state index is 14.8. The highest BCUT2D eigenvalue weighted by Crippen LogP contribution is 2.42. The summed E-state index contributed by atoms with van der Waals surface area (Å²) in [4.78, 5) is 15.6. The molecule has 5 rings (SSSR count). The summed E-state index contributed by atoms with van der Waals surface area (Å²) in [6.45, 7) is 1.25. The standard InChI is InChI=1S/C29H24ClF3N2O3S/c1-16-11-17(5-10-23(16)30)21-3-2-4-26-28(21)35(19-8-6-18(31)7-9-19)29(34-26)39-15-22-24(32)12-20(13-25(22)33)38-14-27(36)37/h5-13,21H,2-4,14-15H2,1H3,(H,36,37). The number of ether oxygens (including phenoxy) is 1. The molecule has 1 atom stereocenters. The highest BCUT2D eigenvalue weighted by molar-refractivity contribution is 7.98. The van der Waals surface area contributed by atoms with Crippen LogP contribution in [0, 0.1) is 24.4 Å². The predicted molar refractivity (Wildman–Crippen MR) is 144 cm³/mol. The fourth-order valence-corrected chi connectivity index (χ4v) is 6.01. The lowest BCUT2D eigenvalue weighted by Crippen LogP contribution is -2.15. The SMILES string of the molecule is Cc1cc(C2CCCc3nc(SCc4c(F)cc(OCC(=O)O)cc4F)n(-c4ccc(F)cc4)c32)ccc1Cl. The van der Waals surface area contributed by atoms with E-state index in [0.29, 0.717) is 15.9 Å². The zero-order valence-corrected chi connectivity index (χ0v) is 22.5. The number of carboxylic acid groups (broad SMARTS) is 1. The van der Waals surface area contributed by atoms with Crippen molar-refractivity contribution in [2.75, 3.05) is 6.61 Å². The van der Waals surface area contributed by atoms with Gasteiger partial charge in [-0.1, -0.05) is 35.5 Å². The number of rotatable bonds is 8. The Hall–Kier alpha value is -3.43. The third-order valence-electron chi connectivity index (χ3n) is 6.69. The van der Waals surface area contributed by atoms with Gasteiger partial charge in [0.25, 0.3) is 0 Å². The first-order chi connectivity index (χ1) is 18.7. The van der Waals surface area contributed by atoms with Gasteiger partial charge in [-0.2, -0.15) is 0 Å². The minimum Gasteiger partial charge on any atom is -0.482 e. The van der Waals surface area contributed by atoms with Gasteiger partial charge >= 0.3 is 5.97 Å². The van der Waals surface area contributed by atoms with Crippen molar-refractivity contribution >= 4 is 29.3 Å². The first-order valence-electron chi connectivity index (χ1n) is 12.3. The van der Waals surface area contributed by atoms with E-state index in [1.165, 1.54) is 23.9 Å². The number of imidazole rings is 1. The summed E-state index contributed by atoms with van der Waals surface area (Å²) in [7, 11) is 0. The molecule has 1 N–H and O–H groups in total. The minimum absolute atomic E-state index is 0.00996. The molecule has 39 heavy (non-hydrogen) atoms. The van der Waals surface area contributed by atoms with E-state index in [0.717, 1.165) is 53.9 Å². The monoisotopic (exact) mass is 572 g/mol. The summed E-state index contributed by atoms with van der Waals surface area (Å²) in [6, 6.07) is 14.0. The molecule has 0 radical (unpaired) electrons. The number of aromatic nitrogens is 2. The van der Waals surface area contributed by atoms with Crippen LogP contribution in [0.5, 0.6) is 5.75 Å². The summed E-state index contributed by atoms with van der Waals surface area (Å²) in [5.74, 6) is -3.58. The number of aryl methyl sites for hydroxylation is 2. The second kappa shape index (κ2) is 11.4. The minimum atomic E-state index is -1.25. The molecule has 1 aliphatic carbocycles. The summed E-state index contributed by atoms with van der Waals surface area (Å²) >= 11 is 7.45. The van der Waals surface area contributed by atoms with Crippen LogP contribution >= 0.6 is 23.4 Å². The molecule has 1 aromatic heterocycles. The summed E-state index contributed by atoms with van der Waals surface area (Å²) in [5, 5.41) is 9.97. The maximum Gasteiger partial charge on any atom is 0.341 e. The number of nitrogens with zero attached hydrogens (tertiary/aromatic N) is 2. The number of fused-ring (bicyclic) bond motifs is 1. The highest BCUT2D eigenvalue weighted by atomic mass is 35.5. The number of halogens is 4. The van der Waals surface area contributed by atoms with Gasteiger partial charge in [-0.05, 0) is 67.6 Å². The summed E-state index contributed by atoms with van der Waals surface area (Å²) in [5.41, 5.74) is 4.43. The Kier molecular flexibility index (Phi) is 7.91. The highest BCUT2D eigenvalue weighted by Gasteiger charge is 2.30. The third-order valence-corrected chi connectivity index (χ3v) is 8.08. The van der Waals surface area contributed by atoms with Gasteiger partial charge in [-0.3, -0.25) is 4.57 Å². The average Bonchev–Trinajstić information content (AvgIpc) is 3.27. The van der Waals surface area contributed by atoms with E-state index in [1.54, 1.807) is 12.1 Å². The van der Waals surface area contributed by atoms with Crippen LogP contribution in [0.4, 0.5) is 13.2 Å². The van der Waals surface area contributed by atoms with Crippen LogP contribution in [-0.4, -0.2) is 27.2 Å². The summed E-state index contributed by atoms with van der Waals surface area (Å²) in [6.07, 6.45) is 2.55. The number of thioether (sulfide) groups is 1. The Morgan fingerprint density at radius 2 is 1.85 bits per heavy atom. The van der Waals surface area contributed by atoms with Gasteiger partial charge in [0.1, 0.15) is 23.2 Å². The molecule has 0 bridgehead atoms. The molecule has 0 saturated heterocycles. The van der Waals surface area contributed by atoms with Crippen LogP contribution in [0.3, 0.4) is 0 Å². The first-order valence-corrected chi connectivity index (χ1v) is 13.7. The van der Waals surface area contributed by atoms with Gasteiger partial charge in [0.05, 0.1) is 11.4 Å². The molecule has 202 valence electrons. The lowest BCUT2D eigenvalue weighted by molar-refractivity contribution is -0.139. The van der Waals surface area contributed by atoms with Gasteiger partial charge < -0.3 is 9.84 Å². The van der Waals surface area contributed by atoms with Gasteiger partial charge in [-0.15, -0.1) is 0 Å². The fourth-order valence-electron chi connectivity index (χ4n) is 4.83. The van der Waals surface area contributed by atoms with Gasteiger partial charge in [0, 0.05) is 40.1 Å². The van der Waals surface area contributed by atoms with Crippen molar-refractivity contribution in [1.82, 2.24) is 9.55 Å². The van der Waals surface area contributed by atoms with E-state index in [4.69, 9.17) is 26.4 Å². The first kappa shape index (κ1) is 27.1. The Bertz CT molecular complexity index is 1520. The quantitative estimate of drug-likeness (QED) is 0.222. The second-order valence-electron chi connectivity index (χ2n) is 9.33. The predicted octanol–water partition coefficient (Wildman–Crippen LogP) is 7.48. The second-order valence-corrected chi connectivity index (χ2v) is 10.7. The topological polar surface area (TPSA) is 64.3 Å². The van der Waals surface area contributed by atoms with Crippen molar-refractivity contribution < 1.29 is 27.8 Å². The Morgan fingerprint density at radius 1 is 1.13 bits per heavy atom. The molecule has 0 aliphatic heterocycles. The zero-order chi connectivity index (χ0) is 27.7. The van der Waals surface area contributed by atoms with Crippen LogP contribution in [-0.2, 0) is 17.0 Å². The molecule has 3 aromatic carbocycles. The molecule has 1 unspecified atom stereocenters. The number of carbonyl (C=O) groups is 1. The smallest absolute Gasteiger partial charge is 0.341 e. The van der Waals surface area contributed by atoms with E-state index in [2.05, 4.69) is 6.07 Å². The van der Waals surface area contributed by atoms with Crippen molar-refractivity contribution in [2.45, 2.75) is 43.0 Å². The number of hydrogen-bond donors (Lipinski definition) is 1. The maximum atomic E-state index is 14.8. The van der Waals surface area contributed by atoms with Crippen LogP contribution in [0.25, 0.3) is 5.69 Å². The third kappa shape index (κ3) is 5.79. The van der Waals surface area contributed by atoms with Crippen LogP contribution in [0.15, 0.2) is 59.8 Å². The molecule has 0 amide bonds. The molecule has 0 fully saturated rings. The lowest BCUT2D eigenvalue weighted by atomic mass is 9.83. The molecular formula is C29H24ClF3N2O3S. The van der Waals surface area contributed by atoms with Gasteiger partial charge in [-0.25, -0.2) is 22.9 Å². The van der Waals surface area contributed by atoms with E-state index >= 15 is 0 Å². The van der Waals surface area contributed by atoms with Crippen molar-refractivity contribution in [2.24, 2.45) is 0 Å². The van der Waals surface area contributed by atoms with Crippen molar-refractivity contribution in [3.63, 3.8) is 0 Å². The number of hydrogen-bond acceptors (Lipinski definition) is 4. The van der Waals surface area contributed by atoms with E-state index < -0.39 is 24.2 Å². The molecular weight excluding hydrogens is 549 g/mol. The van der Waals surface area contributed by atoms with E-state index in [1.807, 2.05) is 23.6 Å². The van der Waals surface area contributed by atoms with Crippen molar-refractivity contribution in [1.29, 1.82) is 0 Å². The van der Waals surface area contributed by atoms with E-state index in [9.17, 15) is 18.0 Å². The molecule has 1 heterocycles. The average molecular weight is 573 g/mol. The van der Waals surface area contributed by atoms with Gasteiger partial charge in [0.2, 0.25) is 0 Å². The normalized spacial score (nSPS) is 14.7. The Morgan fingerprint density at radius 3 is 2.51 bits per heavy atom. The van der Waals surface area contributed by atoms with Crippen molar-refractivity contribution in [3.05, 3.63) is 105 Å². The van der Waals surface area contributed by atoms with E-state index in [-0.39, 0.29) is 28.8 Å². The zero-order valence-electron chi connectivity index (χ0n) is 20.9. The number of aliphatic carboxylic acids is 1. The number of carboxylic acids is 1. The molecule has 5 nitrogen and oxygen atoms in total. The molecule has 1 aliphatic rings. The largest absolute Gasteiger partial charge is 0.482 e. The molecule has 0 saturated carbocycles. The van der Waals surface area contributed by atoms with Crippen LogP contribution in [0.2, 0.25) is 5.02 Å². The molecule has 10 heteroatoms. The lowest BCUT2D eigenvalue weighted by Gasteiger charge is -2.25. The molecule has 0 spiro atoms. The van der Waals surface area contributed by atoms with Gasteiger partial charge in [0.15, 0.2) is 11.8 Å². The number of benzene rings is 3.